The maximum atomic E-state index is 6.35. The van der Waals surface area contributed by atoms with Crippen molar-refractivity contribution in [3.8, 4) is 0 Å². The van der Waals surface area contributed by atoms with Crippen LogP contribution >= 0.6 is 27.5 Å². The lowest BCUT2D eigenvalue weighted by molar-refractivity contribution is 0.495. The minimum Gasteiger partial charge on any atom is -0.457 e. The van der Waals surface area contributed by atoms with Crippen molar-refractivity contribution in [2.75, 3.05) is 6.54 Å². The molecule has 0 aliphatic heterocycles. The molecular weight excluding hydrogens is 342 g/mol. The third-order valence-electron chi connectivity index (χ3n) is 3.10. The van der Waals surface area contributed by atoms with Crippen molar-refractivity contribution >= 4 is 27.5 Å². The van der Waals surface area contributed by atoms with Crippen LogP contribution < -0.4 is 5.32 Å². The second kappa shape index (κ2) is 7.29. The van der Waals surface area contributed by atoms with Crippen LogP contribution in [0.2, 0.25) is 5.02 Å². The maximum absolute atomic E-state index is 6.35. The summed E-state index contributed by atoms with van der Waals surface area (Å²) >= 11 is 9.81. The summed E-state index contributed by atoms with van der Waals surface area (Å²) in [6.07, 6.45) is 5.44. The van der Waals surface area contributed by atoms with Crippen LogP contribution in [0, 0.1) is 0 Å². The predicted octanol–water partition coefficient (Wildman–Crippen LogP) is 4.39. The SMILES string of the molecule is CCCNC(c1ccoc1Br)c1c(Cl)cnn1CCC. The molecule has 0 bridgehead atoms. The molecule has 0 spiro atoms. The van der Waals surface area contributed by atoms with Crippen LogP contribution in [0.4, 0.5) is 0 Å². The lowest BCUT2D eigenvalue weighted by Gasteiger charge is -2.20. The summed E-state index contributed by atoms with van der Waals surface area (Å²) in [7, 11) is 0. The number of nitrogens with one attached hydrogen (secondary N) is 1. The van der Waals surface area contributed by atoms with Crippen molar-refractivity contribution in [3.05, 3.63) is 39.5 Å². The molecule has 2 aromatic rings. The van der Waals surface area contributed by atoms with E-state index in [1.807, 2.05) is 10.7 Å². The zero-order chi connectivity index (χ0) is 14.5. The van der Waals surface area contributed by atoms with Gasteiger partial charge in [-0.15, -0.1) is 0 Å². The van der Waals surface area contributed by atoms with Gasteiger partial charge in [-0.25, -0.2) is 0 Å². The first kappa shape index (κ1) is 15.6. The van der Waals surface area contributed by atoms with E-state index in [4.69, 9.17) is 16.0 Å². The molecule has 0 aliphatic carbocycles. The van der Waals surface area contributed by atoms with Gasteiger partial charge in [0.25, 0.3) is 0 Å². The van der Waals surface area contributed by atoms with E-state index in [1.54, 1.807) is 12.5 Å². The lowest BCUT2D eigenvalue weighted by Crippen LogP contribution is -2.26. The summed E-state index contributed by atoms with van der Waals surface area (Å²) in [5.41, 5.74) is 2.03. The molecule has 2 rings (SSSR count). The van der Waals surface area contributed by atoms with Gasteiger partial charge in [-0.1, -0.05) is 25.4 Å². The topological polar surface area (TPSA) is 43.0 Å². The molecule has 6 heteroatoms. The number of halogens is 2. The molecule has 4 nitrogen and oxygen atoms in total. The van der Waals surface area contributed by atoms with Crippen LogP contribution in [0.1, 0.15) is 44.0 Å². The van der Waals surface area contributed by atoms with Crippen molar-refractivity contribution in [3.63, 3.8) is 0 Å². The highest BCUT2D eigenvalue weighted by Crippen LogP contribution is 2.33. The summed E-state index contributed by atoms with van der Waals surface area (Å²) in [6, 6.07) is 1.93. The molecule has 0 amide bonds. The summed E-state index contributed by atoms with van der Waals surface area (Å²) < 4.78 is 8.06. The van der Waals surface area contributed by atoms with E-state index in [1.165, 1.54) is 0 Å². The Morgan fingerprint density at radius 1 is 1.45 bits per heavy atom. The standard InChI is InChI=1S/C14H19BrClN3O/c1-3-6-17-12(10-5-8-20-14(10)15)13-11(16)9-18-19(13)7-4-2/h5,8-9,12,17H,3-4,6-7H2,1-2H3. The van der Waals surface area contributed by atoms with Gasteiger partial charge in [0, 0.05) is 12.1 Å². The van der Waals surface area contributed by atoms with Crippen LogP contribution in [0.15, 0.2) is 27.6 Å². The first-order valence-corrected chi connectivity index (χ1v) is 8.03. The van der Waals surface area contributed by atoms with Crippen molar-refractivity contribution in [1.29, 1.82) is 0 Å². The van der Waals surface area contributed by atoms with E-state index in [0.717, 1.165) is 41.9 Å². The van der Waals surface area contributed by atoms with Crippen LogP contribution in [0.5, 0.6) is 0 Å². The molecule has 0 saturated carbocycles. The minimum absolute atomic E-state index is 0.0235. The smallest absolute Gasteiger partial charge is 0.174 e. The molecule has 0 aromatic carbocycles. The number of hydrogen-bond acceptors (Lipinski definition) is 3. The molecule has 20 heavy (non-hydrogen) atoms. The van der Waals surface area contributed by atoms with Gasteiger partial charge in [0.2, 0.25) is 0 Å². The summed E-state index contributed by atoms with van der Waals surface area (Å²) in [5.74, 6) is 0. The van der Waals surface area contributed by atoms with Gasteiger partial charge in [-0.3, -0.25) is 4.68 Å². The highest BCUT2D eigenvalue weighted by molar-refractivity contribution is 9.10. The molecule has 110 valence electrons. The lowest BCUT2D eigenvalue weighted by atomic mass is 10.1. The fraction of sp³-hybridized carbons (Fsp3) is 0.500. The summed E-state index contributed by atoms with van der Waals surface area (Å²) in [5, 5.41) is 8.57. The molecule has 1 unspecified atom stereocenters. The van der Waals surface area contributed by atoms with E-state index in [2.05, 4.69) is 40.2 Å². The quantitative estimate of drug-likeness (QED) is 0.796. The number of furan rings is 1. The number of hydrogen-bond donors (Lipinski definition) is 1. The second-order valence-electron chi connectivity index (χ2n) is 4.64. The number of aryl methyl sites for hydroxylation is 1. The monoisotopic (exact) mass is 359 g/mol. The average Bonchev–Trinajstić information content (AvgIpc) is 3.00. The van der Waals surface area contributed by atoms with Gasteiger partial charge in [-0.2, -0.15) is 5.10 Å². The molecule has 0 aliphatic rings. The minimum atomic E-state index is -0.0235. The summed E-state index contributed by atoms with van der Waals surface area (Å²) in [4.78, 5) is 0. The fourth-order valence-corrected chi connectivity index (χ4v) is 2.92. The zero-order valence-electron chi connectivity index (χ0n) is 11.7. The van der Waals surface area contributed by atoms with Gasteiger partial charge >= 0.3 is 0 Å². The van der Waals surface area contributed by atoms with E-state index >= 15 is 0 Å². The second-order valence-corrected chi connectivity index (χ2v) is 5.77. The molecule has 2 heterocycles. The molecule has 0 radical (unpaired) electrons. The van der Waals surface area contributed by atoms with Crippen molar-refractivity contribution in [2.45, 2.75) is 39.3 Å². The van der Waals surface area contributed by atoms with Gasteiger partial charge < -0.3 is 9.73 Å². The van der Waals surface area contributed by atoms with Crippen LogP contribution in [0.3, 0.4) is 0 Å². The maximum Gasteiger partial charge on any atom is 0.174 e. The molecule has 1 N–H and O–H groups in total. The number of nitrogens with zero attached hydrogens (tertiary/aromatic N) is 2. The Bertz CT molecular complexity index is 552. The number of aromatic nitrogens is 2. The summed E-state index contributed by atoms with van der Waals surface area (Å²) in [6.45, 7) is 6.01. The van der Waals surface area contributed by atoms with Crippen molar-refractivity contribution < 1.29 is 4.42 Å². The van der Waals surface area contributed by atoms with Gasteiger partial charge in [0.05, 0.1) is 29.2 Å². The molecule has 0 saturated heterocycles. The Morgan fingerprint density at radius 2 is 2.25 bits per heavy atom. The van der Waals surface area contributed by atoms with Gasteiger partial charge in [0.1, 0.15) is 0 Å². The predicted molar refractivity (Wildman–Crippen MR) is 84.1 cm³/mol. The van der Waals surface area contributed by atoms with E-state index < -0.39 is 0 Å². The van der Waals surface area contributed by atoms with Gasteiger partial charge in [0.15, 0.2) is 4.67 Å². The molecular formula is C14H19BrClN3O. The number of rotatable bonds is 7. The van der Waals surface area contributed by atoms with Crippen LogP contribution in [-0.2, 0) is 6.54 Å². The molecule has 2 aromatic heterocycles. The van der Waals surface area contributed by atoms with E-state index in [9.17, 15) is 0 Å². The normalized spacial score (nSPS) is 12.8. The first-order valence-electron chi connectivity index (χ1n) is 6.86. The third kappa shape index (κ3) is 3.27. The Kier molecular flexibility index (Phi) is 5.69. The van der Waals surface area contributed by atoms with Gasteiger partial charge in [-0.05, 0) is 41.4 Å². The first-order chi connectivity index (χ1) is 9.69. The Morgan fingerprint density at radius 3 is 2.85 bits per heavy atom. The van der Waals surface area contributed by atoms with E-state index in [-0.39, 0.29) is 6.04 Å². The molecule has 0 fully saturated rings. The molecule has 1 atom stereocenters. The fourth-order valence-electron chi connectivity index (χ4n) is 2.20. The van der Waals surface area contributed by atoms with Crippen molar-refractivity contribution in [1.82, 2.24) is 15.1 Å². The largest absolute Gasteiger partial charge is 0.457 e. The Labute approximate surface area is 132 Å². The highest BCUT2D eigenvalue weighted by Gasteiger charge is 2.24. The van der Waals surface area contributed by atoms with E-state index in [0.29, 0.717) is 5.02 Å². The van der Waals surface area contributed by atoms with Crippen LogP contribution in [-0.4, -0.2) is 16.3 Å². The zero-order valence-corrected chi connectivity index (χ0v) is 14.0. The average molecular weight is 361 g/mol. The highest BCUT2D eigenvalue weighted by atomic mass is 79.9. The van der Waals surface area contributed by atoms with Crippen LogP contribution in [0.25, 0.3) is 0 Å². The Balaban J connectivity index is 2.41. The van der Waals surface area contributed by atoms with Crippen molar-refractivity contribution in [2.24, 2.45) is 0 Å². The Hall–Kier alpha value is -0.780. The third-order valence-corrected chi connectivity index (χ3v) is 4.03.